The first-order valence-corrected chi connectivity index (χ1v) is 8.00. The molecule has 0 bridgehead atoms. The van der Waals surface area contributed by atoms with Crippen LogP contribution in [0.25, 0.3) is 0 Å². The summed E-state index contributed by atoms with van der Waals surface area (Å²) in [6, 6.07) is 13.5. The molecular formula is C15H18N2O3S. The molecule has 0 heterocycles. The molecule has 0 aliphatic rings. The average molecular weight is 306 g/mol. The van der Waals surface area contributed by atoms with Crippen LogP contribution in [0.4, 0.5) is 5.69 Å². The van der Waals surface area contributed by atoms with Gasteiger partial charge >= 0.3 is 0 Å². The van der Waals surface area contributed by atoms with Crippen molar-refractivity contribution in [2.24, 2.45) is 0 Å². The van der Waals surface area contributed by atoms with Gasteiger partial charge in [-0.3, -0.25) is 0 Å². The number of sulfonamides is 1. The maximum absolute atomic E-state index is 11.6. The van der Waals surface area contributed by atoms with Crippen LogP contribution in [0.2, 0.25) is 0 Å². The van der Waals surface area contributed by atoms with Crippen molar-refractivity contribution in [2.45, 2.75) is 17.9 Å². The van der Waals surface area contributed by atoms with E-state index >= 15 is 0 Å². The lowest BCUT2D eigenvalue weighted by Crippen LogP contribution is -2.18. The molecule has 0 amide bonds. The van der Waals surface area contributed by atoms with Crippen LogP contribution in [-0.2, 0) is 10.0 Å². The van der Waals surface area contributed by atoms with Crippen molar-refractivity contribution < 1.29 is 13.5 Å². The number of phenolic OH excluding ortho intramolecular Hbond substituents is 1. The van der Waals surface area contributed by atoms with Crippen molar-refractivity contribution in [3.8, 4) is 5.75 Å². The fourth-order valence-corrected chi connectivity index (χ4v) is 2.71. The van der Waals surface area contributed by atoms with E-state index in [0.29, 0.717) is 0 Å². The summed E-state index contributed by atoms with van der Waals surface area (Å²) in [4.78, 5) is 0.223. The fourth-order valence-electron chi connectivity index (χ4n) is 1.98. The number of benzene rings is 2. The minimum absolute atomic E-state index is 0.0103. The van der Waals surface area contributed by atoms with Gasteiger partial charge in [0.15, 0.2) is 0 Å². The Morgan fingerprint density at radius 1 is 1.10 bits per heavy atom. The third-order valence-electron chi connectivity index (χ3n) is 3.19. The lowest BCUT2D eigenvalue weighted by molar-refractivity contribution is 0.474. The molecule has 112 valence electrons. The molecule has 0 aromatic heterocycles. The molecule has 1 atom stereocenters. The SMILES string of the molecule is CNS(=O)(=O)c1ccc(NC(C)c2cccc(O)c2)cc1. The molecule has 0 aliphatic carbocycles. The second-order valence-electron chi connectivity index (χ2n) is 4.69. The fraction of sp³-hybridized carbons (Fsp3) is 0.200. The topological polar surface area (TPSA) is 78.4 Å². The number of nitrogens with one attached hydrogen (secondary N) is 2. The van der Waals surface area contributed by atoms with Gasteiger partial charge < -0.3 is 10.4 Å². The predicted molar refractivity (Wildman–Crippen MR) is 82.8 cm³/mol. The summed E-state index contributed by atoms with van der Waals surface area (Å²) in [6.07, 6.45) is 0. The molecule has 2 rings (SSSR count). The van der Waals surface area contributed by atoms with Gasteiger partial charge in [-0.1, -0.05) is 12.1 Å². The van der Waals surface area contributed by atoms with Crippen molar-refractivity contribution in [2.75, 3.05) is 12.4 Å². The van der Waals surface area contributed by atoms with Gasteiger partial charge in [-0.05, 0) is 55.9 Å². The number of hydrogen-bond acceptors (Lipinski definition) is 4. The van der Waals surface area contributed by atoms with Crippen LogP contribution in [0.5, 0.6) is 5.75 Å². The maximum Gasteiger partial charge on any atom is 0.240 e. The highest BCUT2D eigenvalue weighted by atomic mass is 32.2. The Hall–Kier alpha value is -2.05. The van der Waals surface area contributed by atoms with Crippen molar-refractivity contribution in [3.05, 3.63) is 54.1 Å². The summed E-state index contributed by atoms with van der Waals surface area (Å²) in [5, 5.41) is 12.7. The summed E-state index contributed by atoms with van der Waals surface area (Å²) in [6.45, 7) is 1.97. The van der Waals surface area contributed by atoms with Gasteiger partial charge in [-0.25, -0.2) is 13.1 Å². The van der Waals surface area contributed by atoms with Crippen molar-refractivity contribution in [3.63, 3.8) is 0 Å². The molecule has 2 aromatic rings. The summed E-state index contributed by atoms with van der Waals surface area (Å²) in [5.74, 6) is 0.219. The van der Waals surface area contributed by atoms with E-state index in [0.717, 1.165) is 11.3 Å². The van der Waals surface area contributed by atoms with Crippen molar-refractivity contribution in [1.29, 1.82) is 0 Å². The Labute approximate surface area is 124 Å². The number of anilines is 1. The van der Waals surface area contributed by atoms with Gasteiger partial charge in [0.2, 0.25) is 10.0 Å². The first-order chi connectivity index (χ1) is 9.92. The van der Waals surface area contributed by atoms with Gasteiger partial charge in [0.1, 0.15) is 5.75 Å². The molecule has 0 fully saturated rings. The van der Waals surface area contributed by atoms with Crippen LogP contribution in [0.1, 0.15) is 18.5 Å². The quantitative estimate of drug-likeness (QED) is 0.793. The third-order valence-corrected chi connectivity index (χ3v) is 4.62. The van der Waals surface area contributed by atoms with Crippen LogP contribution in [-0.4, -0.2) is 20.6 Å². The number of rotatable bonds is 5. The molecule has 0 aliphatic heterocycles. The molecule has 0 radical (unpaired) electrons. The zero-order chi connectivity index (χ0) is 15.5. The smallest absolute Gasteiger partial charge is 0.240 e. The Bertz CT molecular complexity index is 712. The Kier molecular flexibility index (Phi) is 4.50. The van der Waals surface area contributed by atoms with E-state index in [1.54, 1.807) is 42.5 Å². The maximum atomic E-state index is 11.6. The first-order valence-electron chi connectivity index (χ1n) is 6.51. The van der Waals surface area contributed by atoms with Crippen molar-refractivity contribution >= 4 is 15.7 Å². The van der Waals surface area contributed by atoms with E-state index in [9.17, 15) is 13.5 Å². The summed E-state index contributed by atoms with van der Waals surface area (Å²) in [5.41, 5.74) is 1.75. The van der Waals surface area contributed by atoms with Gasteiger partial charge in [0.25, 0.3) is 0 Å². The Balaban J connectivity index is 2.14. The molecule has 6 heteroatoms. The normalized spacial score (nSPS) is 12.9. The molecule has 0 spiro atoms. The average Bonchev–Trinajstić information content (AvgIpc) is 2.48. The highest BCUT2D eigenvalue weighted by molar-refractivity contribution is 7.89. The van der Waals surface area contributed by atoms with Crippen LogP contribution in [0.3, 0.4) is 0 Å². The second-order valence-corrected chi connectivity index (χ2v) is 6.58. The molecule has 5 nitrogen and oxygen atoms in total. The summed E-state index contributed by atoms with van der Waals surface area (Å²) in [7, 11) is -2.03. The van der Waals surface area contributed by atoms with E-state index in [-0.39, 0.29) is 16.7 Å². The van der Waals surface area contributed by atoms with Crippen LogP contribution >= 0.6 is 0 Å². The Morgan fingerprint density at radius 2 is 1.76 bits per heavy atom. The lowest BCUT2D eigenvalue weighted by atomic mass is 10.1. The highest BCUT2D eigenvalue weighted by Gasteiger charge is 2.11. The third kappa shape index (κ3) is 3.74. The first kappa shape index (κ1) is 15.3. The minimum Gasteiger partial charge on any atom is -0.508 e. The van der Waals surface area contributed by atoms with Crippen LogP contribution in [0.15, 0.2) is 53.4 Å². The van der Waals surface area contributed by atoms with Gasteiger partial charge in [0, 0.05) is 11.7 Å². The molecular weight excluding hydrogens is 288 g/mol. The molecule has 0 saturated carbocycles. The molecule has 1 unspecified atom stereocenters. The minimum atomic E-state index is -3.41. The number of hydrogen-bond donors (Lipinski definition) is 3. The van der Waals surface area contributed by atoms with E-state index in [2.05, 4.69) is 10.0 Å². The van der Waals surface area contributed by atoms with Crippen LogP contribution in [0, 0.1) is 0 Å². The number of aromatic hydroxyl groups is 1. The predicted octanol–water partition coefficient (Wildman–Crippen LogP) is 2.47. The highest BCUT2D eigenvalue weighted by Crippen LogP contribution is 2.23. The van der Waals surface area contributed by atoms with Crippen LogP contribution < -0.4 is 10.0 Å². The molecule has 0 saturated heterocycles. The summed E-state index contributed by atoms with van der Waals surface area (Å²) >= 11 is 0. The van der Waals surface area contributed by atoms with E-state index in [1.807, 2.05) is 13.0 Å². The summed E-state index contributed by atoms with van der Waals surface area (Å²) < 4.78 is 25.5. The lowest BCUT2D eigenvalue weighted by Gasteiger charge is -2.16. The van der Waals surface area contributed by atoms with E-state index in [1.165, 1.54) is 7.05 Å². The standard InChI is InChI=1S/C15H18N2O3S/c1-11(12-4-3-5-14(18)10-12)17-13-6-8-15(9-7-13)21(19,20)16-2/h3-11,16-18H,1-2H3. The monoisotopic (exact) mass is 306 g/mol. The number of phenols is 1. The van der Waals surface area contributed by atoms with Gasteiger partial charge in [-0.15, -0.1) is 0 Å². The van der Waals surface area contributed by atoms with Gasteiger partial charge in [0.05, 0.1) is 4.90 Å². The second kappa shape index (κ2) is 6.15. The zero-order valence-corrected chi connectivity index (χ0v) is 12.7. The molecule has 21 heavy (non-hydrogen) atoms. The largest absolute Gasteiger partial charge is 0.508 e. The van der Waals surface area contributed by atoms with E-state index < -0.39 is 10.0 Å². The van der Waals surface area contributed by atoms with Gasteiger partial charge in [-0.2, -0.15) is 0 Å². The zero-order valence-electron chi connectivity index (χ0n) is 11.9. The Morgan fingerprint density at radius 3 is 2.33 bits per heavy atom. The molecule has 2 aromatic carbocycles. The van der Waals surface area contributed by atoms with Crippen molar-refractivity contribution in [1.82, 2.24) is 4.72 Å². The molecule has 3 N–H and O–H groups in total. The van der Waals surface area contributed by atoms with E-state index in [4.69, 9.17) is 0 Å².